The summed E-state index contributed by atoms with van der Waals surface area (Å²) in [6.07, 6.45) is 0. The normalized spacial score (nSPS) is 11.3. The summed E-state index contributed by atoms with van der Waals surface area (Å²) < 4.78 is 4.36. The Labute approximate surface area is 72.0 Å². The van der Waals surface area contributed by atoms with Gasteiger partial charge in [0.1, 0.15) is 7.11 Å². The maximum atomic E-state index is 10.5. The first-order chi connectivity index (χ1) is 6.15. The van der Waals surface area contributed by atoms with E-state index in [-0.39, 0.29) is 11.8 Å². The van der Waals surface area contributed by atoms with E-state index in [1.54, 1.807) is 0 Å². The predicted octanol–water partition coefficient (Wildman–Crippen LogP) is -0.913. The number of carboxylic acids is 1. The number of nitrogens with two attached hydrogens (primary N) is 1. The average Bonchev–Trinajstić information content (AvgIpc) is 2.46. The number of hydrogen-bond acceptors (Lipinski definition) is 7. The van der Waals surface area contributed by atoms with Crippen molar-refractivity contribution in [1.82, 2.24) is 10.1 Å². The molecule has 0 amide bonds. The number of hydrogen-bond donors (Lipinski definition) is 2. The molecule has 0 aliphatic carbocycles. The lowest BCUT2D eigenvalue weighted by Gasteiger charge is -1.91. The van der Waals surface area contributed by atoms with Crippen LogP contribution in [0.25, 0.3) is 0 Å². The lowest BCUT2D eigenvalue weighted by atomic mass is 10.4. The monoisotopic (exact) mass is 186 g/mol. The summed E-state index contributed by atoms with van der Waals surface area (Å²) in [7, 11) is 1.20. The van der Waals surface area contributed by atoms with Crippen molar-refractivity contribution in [3.8, 4) is 0 Å². The Bertz CT molecular complexity index is 344. The van der Waals surface area contributed by atoms with E-state index in [0.29, 0.717) is 0 Å². The van der Waals surface area contributed by atoms with E-state index in [1.165, 1.54) is 7.11 Å². The number of carboxylic acid groups (broad SMARTS) is 1. The summed E-state index contributed by atoms with van der Waals surface area (Å²) in [5.74, 6) is -1.56. The van der Waals surface area contributed by atoms with Crippen molar-refractivity contribution in [1.29, 1.82) is 0 Å². The van der Waals surface area contributed by atoms with Gasteiger partial charge in [0.2, 0.25) is 11.5 Å². The summed E-state index contributed by atoms with van der Waals surface area (Å²) in [6.45, 7) is 0. The fourth-order valence-corrected chi connectivity index (χ4v) is 0.598. The molecule has 0 aliphatic rings. The van der Waals surface area contributed by atoms with Gasteiger partial charge in [0.15, 0.2) is 0 Å². The van der Waals surface area contributed by atoms with Crippen LogP contribution in [0.5, 0.6) is 0 Å². The van der Waals surface area contributed by atoms with Crippen LogP contribution in [0.4, 0.5) is 6.01 Å². The molecule has 0 radical (unpaired) electrons. The standard InChI is InChI=1S/C5H6N4O4/c1-12-8-2(4(10)11)3-7-5(6)13-9-3/h1H3,(H,10,11)(H2,6,7,9)/b8-2-. The van der Waals surface area contributed by atoms with E-state index in [4.69, 9.17) is 10.8 Å². The average molecular weight is 186 g/mol. The van der Waals surface area contributed by atoms with E-state index < -0.39 is 11.7 Å². The third-order valence-electron chi connectivity index (χ3n) is 1.04. The second-order valence-electron chi connectivity index (χ2n) is 1.88. The summed E-state index contributed by atoms with van der Waals surface area (Å²) in [5, 5.41) is 15.0. The molecule has 8 nitrogen and oxygen atoms in total. The Balaban J connectivity index is 3.02. The molecule has 3 N–H and O–H groups in total. The van der Waals surface area contributed by atoms with Gasteiger partial charge in [-0.25, -0.2) is 4.79 Å². The quantitative estimate of drug-likeness (QED) is 0.462. The Morgan fingerprint density at radius 3 is 2.85 bits per heavy atom. The number of rotatable bonds is 3. The molecule has 0 fully saturated rings. The van der Waals surface area contributed by atoms with E-state index >= 15 is 0 Å². The highest BCUT2D eigenvalue weighted by atomic mass is 16.6. The maximum Gasteiger partial charge on any atom is 0.362 e. The van der Waals surface area contributed by atoms with Gasteiger partial charge in [0.05, 0.1) is 0 Å². The molecule has 0 saturated carbocycles. The molecule has 1 heterocycles. The Kier molecular flexibility index (Phi) is 2.43. The second kappa shape index (κ2) is 3.52. The van der Waals surface area contributed by atoms with Crippen LogP contribution in [0.2, 0.25) is 0 Å². The summed E-state index contributed by atoms with van der Waals surface area (Å²) in [6, 6.07) is -0.236. The highest BCUT2D eigenvalue weighted by molar-refractivity contribution is 6.41. The third kappa shape index (κ3) is 1.92. The SMILES string of the molecule is CO/N=C(\C(=O)O)c1noc(N)n1. The van der Waals surface area contributed by atoms with Gasteiger partial charge in [0.25, 0.3) is 0 Å². The van der Waals surface area contributed by atoms with Gasteiger partial charge >= 0.3 is 12.0 Å². The minimum absolute atomic E-state index is 0.230. The van der Waals surface area contributed by atoms with Crippen LogP contribution in [0.15, 0.2) is 9.68 Å². The van der Waals surface area contributed by atoms with Crippen LogP contribution in [-0.2, 0) is 9.63 Å². The van der Waals surface area contributed by atoms with E-state index in [2.05, 4.69) is 24.7 Å². The molecule has 0 saturated heterocycles. The lowest BCUT2D eigenvalue weighted by Crippen LogP contribution is -2.16. The van der Waals surface area contributed by atoms with Crippen molar-refractivity contribution in [2.75, 3.05) is 12.8 Å². The predicted molar refractivity (Wildman–Crippen MR) is 39.9 cm³/mol. The lowest BCUT2D eigenvalue weighted by molar-refractivity contribution is -0.129. The van der Waals surface area contributed by atoms with E-state index in [9.17, 15) is 4.79 Å². The molecule has 0 bridgehead atoms. The van der Waals surface area contributed by atoms with Crippen LogP contribution in [0.3, 0.4) is 0 Å². The van der Waals surface area contributed by atoms with Crippen molar-refractivity contribution >= 4 is 17.7 Å². The first-order valence-corrected chi connectivity index (χ1v) is 3.09. The fraction of sp³-hybridized carbons (Fsp3) is 0.200. The fourth-order valence-electron chi connectivity index (χ4n) is 0.598. The second-order valence-corrected chi connectivity index (χ2v) is 1.88. The number of aromatic nitrogens is 2. The minimum atomic E-state index is -1.33. The van der Waals surface area contributed by atoms with Crippen molar-refractivity contribution in [2.45, 2.75) is 0 Å². The maximum absolute atomic E-state index is 10.5. The summed E-state index contributed by atoms with van der Waals surface area (Å²) in [5.41, 5.74) is 4.61. The molecule has 1 aromatic heterocycles. The highest BCUT2D eigenvalue weighted by Gasteiger charge is 2.19. The number of nitrogen functional groups attached to an aromatic ring is 1. The summed E-state index contributed by atoms with van der Waals surface area (Å²) >= 11 is 0. The summed E-state index contributed by atoms with van der Waals surface area (Å²) in [4.78, 5) is 18.3. The Morgan fingerprint density at radius 2 is 2.46 bits per heavy atom. The molecule has 1 aromatic rings. The van der Waals surface area contributed by atoms with Crippen molar-refractivity contribution in [3.05, 3.63) is 5.82 Å². The van der Waals surface area contributed by atoms with Gasteiger partial charge in [0, 0.05) is 0 Å². The van der Waals surface area contributed by atoms with Crippen molar-refractivity contribution in [2.24, 2.45) is 5.16 Å². The van der Waals surface area contributed by atoms with E-state index in [1.807, 2.05) is 0 Å². The van der Waals surface area contributed by atoms with Crippen molar-refractivity contribution < 1.29 is 19.3 Å². The molecule has 8 heteroatoms. The highest BCUT2D eigenvalue weighted by Crippen LogP contribution is 2.00. The van der Waals surface area contributed by atoms with Crippen LogP contribution < -0.4 is 5.73 Å². The zero-order chi connectivity index (χ0) is 9.84. The van der Waals surface area contributed by atoms with Gasteiger partial charge in [-0.2, -0.15) is 4.98 Å². The largest absolute Gasteiger partial charge is 0.476 e. The Hall–Kier alpha value is -2.12. The molecule has 0 aromatic carbocycles. The van der Waals surface area contributed by atoms with Gasteiger partial charge in [-0.05, 0) is 0 Å². The van der Waals surface area contributed by atoms with Crippen LogP contribution in [0.1, 0.15) is 5.82 Å². The number of oxime groups is 1. The molecule has 0 atom stereocenters. The molecule has 0 unspecified atom stereocenters. The molecular weight excluding hydrogens is 180 g/mol. The first kappa shape index (κ1) is 8.97. The number of carbonyl (C=O) groups is 1. The van der Waals surface area contributed by atoms with Gasteiger partial charge in [-0.3, -0.25) is 0 Å². The first-order valence-electron chi connectivity index (χ1n) is 3.09. The molecule has 70 valence electrons. The van der Waals surface area contributed by atoms with Gasteiger partial charge < -0.3 is 20.2 Å². The topological polar surface area (TPSA) is 124 Å². The number of nitrogens with zero attached hydrogens (tertiary/aromatic N) is 3. The van der Waals surface area contributed by atoms with Crippen LogP contribution in [0, 0.1) is 0 Å². The van der Waals surface area contributed by atoms with Crippen LogP contribution in [-0.4, -0.2) is 34.0 Å². The van der Waals surface area contributed by atoms with Gasteiger partial charge in [-0.1, -0.05) is 10.3 Å². The number of anilines is 1. The van der Waals surface area contributed by atoms with Crippen LogP contribution >= 0.6 is 0 Å². The molecular formula is C5H6N4O4. The van der Waals surface area contributed by atoms with E-state index in [0.717, 1.165) is 0 Å². The smallest absolute Gasteiger partial charge is 0.362 e. The third-order valence-corrected chi connectivity index (χ3v) is 1.04. The Morgan fingerprint density at radius 1 is 1.77 bits per heavy atom. The zero-order valence-electron chi connectivity index (χ0n) is 6.59. The number of aliphatic carboxylic acids is 1. The molecule has 13 heavy (non-hydrogen) atoms. The molecule has 0 spiro atoms. The van der Waals surface area contributed by atoms with Crippen molar-refractivity contribution in [3.63, 3.8) is 0 Å². The molecule has 1 rings (SSSR count). The van der Waals surface area contributed by atoms with Gasteiger partial charge in [-0.15, -0.1) is 0 Å². The molecule has 0 aliphatic heterocycles. The zero-order valence-corrected chi connectivity index (χ0v) is 6.59. The minimum Gasteiger partial charge on any atom is -0.476 e.